The predicted molar refractivity (Wildman–Crippen MR) is 82.6 cm³/mol. The quantitative estimate of drug-likeness (QED) is 0.763. The number of rotatable bonds is 8. The van der Waals surface area contributed by atoms with E-state index >= 15 is 0 Å². The summed E-state index contributed by atoms with van der Waals surface area (Å²) in [6.45, 7) is 2.76. The Morgan fingerprint density at radius 1 is 1.50 bits per heavy atom. The lowest BCUT2D eigenvalue weighted by Gasteiger charge is -2.23. The van der Waals surface area contributed by atoms with Gasteiger partial charge >= 0.3 is 5.97 Å². The highest BCUT2D eigenvalue weighted by atomic mass is 35.5. The molecule has 114 valence electrons. The minimum atomic E-state index is -0.850. The summed E-state index contributed by atoms with van der Waals surface area (Å²) < 4.78 is 0. The fourth-order valence-corrected chi connectivity index (χ4v) is 2.29. The molecule has 0 fully saturated rings. The third-order valence-corrected chi connectivity index (χ3v) is 3.91. The highest BCUT2D eigenvalue weighted by molar-refractivity contribution is 7.09. The number of hydrogen-bond acceptors (Lipinski definition) is 4. The minimum Gasteiger partial charge on any atom is -0.481 e. The molecule has 0 bridgehead atoms. The van der Waals surface area contributed by atoms with Crippen LogP contribution in [0.1, 0.15) is 18.2 Å². The molecule has 1 atom stereocenters. The molecule has 1 rings (SSSR count). The number of thiophene rings is 1. The highest BCUT2D eigenvalue weighted by Crippen LogP contribution is 2.08. The molecule has 0 spiro atoms. The number of carboxylic acid groups (broad SMARTS) is 1. The Labute approximate surface area is 129 Å². The normalized spacial score (nSPS) is 11.8. The van der Waals surface area contributed by atoms with Crippen LogP contribution in [-0.4, -0.2) is 48.1 Å². The van der Waals surface area contributed by atoms with E-state index in [1.165, 1.54) is 4.88 Å². The van der Waals surface area contributed by atoms with Gasteiger partial charge in [0, 0.05) is 18.0 Å². The molecule has 0 aliphatic carbocycles. The van der Waals surface area contributed by atoms with Crippen LogP contribution in [0.3, 0.4) is 0 Å². The fourth-order valence-electron chi connectivity index (χ4n) is 1.58. The van der Waals surface area contributed by atoms with E-state index in [0.717, 1.165) is 6.42 Å². The molecule has 7 heteroatoms. The molecule has 1 amide bonds. The molecule has 1 heterocycles. The van der Waals surface area contributed by atoms with Crippen LogP contribution >= 0.6 is 23.7 Å². The molecule has 0 aromatic carbocycles. The van der Waals surface area contributed by atoms with Crippen molar-refractivity contribution in [1.82, 2.24) is 10.2 Å². The standard InChI is InChI=1S/C13H20N2O3S.ClH/c1-10(15(2)8-6-12(16)17)13(18)14-7-5-11-4-3-9-19-11;/h3-4,9-10H,5-8H2,1-2H3,(H,14,18)(H,16,17);1H. The van der Waals surface area contributed by atoms with Gasteiger partial charge in [-0.25, -0.2) is 0 Å². The van der Waals surface area contributed by atoms with E-state index in [9.17, 15) is 9.59 Å². The van der Waals surface area contributed by atoms with Crippen molar-refractivity contribution in [3.63, 3.8) is 0 Å². The van der Waals surface area contributed by atoms with Crippen LogP contribution in [0.25, 0.3) is 0 Å². The van der Waals surface area contributed by atoms with Crippen molar-refractivity contribution in [2.45, 2.75) is 25.8 Å². The van der Waals surface area contributed by atoms with Gasteiger partial charge in [0.25, 0.3) is 0 Å². The Morgan fingerprint density at radius 3 is 2.75 bits per heavy atom. The van der Waals surface area contributed by atoms with Crippen LogP contribution in [0.2, 0.25) is 0 Å². The molecule has 1 unspecified atom stereocenters. The van der Waals surface area contributed by atoms with Gasteiger partial charge in [-0.3, -0.25) is 14.5 Å². The van der Waals surface area contributed by atoms with Crippen molar-refractivity contribution in [1.29, 1.82) is 0 Å². The fraction of sp³-hybridized carbons (Fsp3) is 0.538. The predicted octanol–water partition coefficient (Wildman–Crippen LogP) is 1.62. The summed E-state index contributed by atoms with van der Waals surface area (Å²) in [5.74, 6) is -0.915. The Morgan fingerprint density at radius 2 is 2.20 bits per heavy atom. The molecule has 1 aromatic heterocycles. The summed E-state index contributed by atoms with van der Waals surface area (Å²) in [6, 6.07) is 3.71. The first-order valence-electron chi connectivity index (χ1n) is 6.23. The third kappa shape index (κ3) is 6.88. The highest BCUT2D eigenvalue weighted by Gasteiger charge is 2.17. The largest absolute Gasteiger partial charge is 0.481 e. The lowest BCUT2D eigenvalue weighted by atomic mass is 10.2. The van der Waals surface area contributed by atoms with Crippen molar-refractivity contribution in [3.8, 4) is 0 Å². The minimum absolute atomic E-state index is 0. The summed E-state index contributed by atoms with van der Waals surface area (Å²) in [5, 5.41) is 13.5. The van der Waals surface area contributed by atoms with Gasteiger partial charge in [0.05, 0.1) is 12.5 Å². The van der Waals surface area contributed by atoms with Gasteiger partial charge in [-0.1, -0.05) is 6.07 Å². The molecule has 0 radical (unpaired) electrons. The van der Waals surface area contributed by atoms with E-state index in [2.05, 4.69) is 5.32 Å². The maximum Gasteiger partial charge on any atom is 0.304 e. The molecule has 2 N–H and O–H groups in total. The van der Waals surface area contributed by atoms with Gasteiger partial charge in [0.1, 0.15) is 0 Å². The number of nitrogens with one attached hydrogen (secondary N) is 1. The van der Waals surface area contributed by atoms with Gasteiger partial charge in [0.2, 0.25) is 5.91 Å². The van der Waals surface area contributed by atoms with Crippen molar-refractivity contribution in [2.75, 3.05) is 20.1 Å². The van der Waals surface area contributed by atoms with E-state index in [1.807, 2.05) is 17.5 Å². The van der Waals surface area contributed by atoms with Gasteiger partial charge in [-0.15, -0.1) is 23.7 Å². The summed E-state index contributed by atoms with van der Waals surface area (Å²) in [7, 11) is 1.76. The molecule has 0 aliphatic heterocycles. The summed E-state index contributed by atoms with van der Waals surface area (Å²) in [6.07, 6.45) is 0.873. The molecular formula is C13H21ClN2O3S. The first-order valence-corrected chi connectivity index (χ1v) is 7.11. The number of carboxylic acids is 1. The third-order valence-electron chi connectivity index (χ3n) is 2.97. The first-order chi connectivity index (χ1) is 9.00. The topological polar surface area (TPSA) is 69.6 Å². The van der Waals surface area contributed by atoms with E-state index in [1.54, 1.807) is 30.2 Å². The van der Waals surface area contributed by atoms with Crippen molar-refractivity contribution >= 4 is 35.6 Å². The Bertz CT molecular complexity index is 412. The number of amides is 1. The van der Waals surface area contributed by atoms with Crippen LogP contribution in [0.15, 0.2) is 17.5 Å². The molecule has 0 saturated carbocycles. The molecule has 1 aromatic rings. The van der Waals surface area contributed by atoms with Crippen molar-refractivity contribution < 1.29 is 14.7 Å². The monoisotopic (exact) mass is 320 g/mol. The van der Waals surface area contributed by atoms with Crippen LogP contribution < -0.4 is 5.32 Å². The number of hydrogen-bond donors (Lipinski definition) is 2. The van der Waals surface area contributed by atoms with Crippen molar-refractivity contribution in [2.24, 2.45) is 0 Å². The zero-order chi connectivity index (χ0) is 14.3. The van der Waals surface area contributed by atoms with E-state index in [4.69, 9.17) is 5.11 Å². The van der Waals surface area contributed by atoms with Gasteiger partial charge < -0.3 is 10.4 Å². The van der Waals surface area contributed by atoms with E-state index in [-0.39, 0.29) is 30.8 Å². The Hall–Kier alpha value is -1.11. The van der Waals surface area contributed by atoms with Crippen LogP contribution in [0, 0.1) is 0 Å². The number of carbonyl (C=O) groups is 2. The second-order valence-electron chi connectivity index (χ2n) is 4.42. The number of likely N-dealkylation sites (N-methyl/N-ethyl adjacent to an activating group) is 1. The molecule has 0 aliphatic rings. The zero-order valence-electron chi connectivity index (χ0n) is 11.7. The van der Waals surface area contributed by atoms with Crippen molar-refractivity contribution in [3.05, 3.63) is 22.4 Å². The summed E-state index contributed by atoms with van der Waals surface area (Å²) in [4.78, 5) is 25.3. The number of halogens is 1. The Balaban J connectivity index is 0.00000361. The number of aliphatic carboxylic acids is 1. The first kappa shape index (κ1) is 18.9. The van der Waals surface area contributed by atoms with Gasteiger partial charge in [-0.2, -0.15) is 0 Å². The van der Waals surface area contributed by atoms with Gasteiger partial charge in [-0.05, 0) is 31.8 Å². The van der Waals surface area contributed by atoms with Crippen LogP contribution in [-0.2, 0) is 16.0 Å². The smallest absolute Gasteiger partial charge is 0.304 e. The number of carbonyl (C=O) groups excluding carboxylic acids is 1. The van der Waals surface area contributed by atoms with Crippen LogP contribution in [0.4, 0.5) is 0 Å². The zero-order valence-corrected chi connectivity index (χ0v) is 13.3. The Kier molecular flexibility index (Phi) is 9.20. The molecular weight excluding hydrogens is 300 g/mol. The maximum atomic E-state index is 11.9. The molecule has 20 heavy (non-hydrogen) atoms. The second-order valence-corrected chi connectivity index (χ2v) is 5.45. The van der Waals surface area contributed by atoms with E-state index in [0.29, 0.717) is 13.1 Å². The average Bonchev–Trinajstić information content (AvgIpc) is 2.87. The van der Waals surface area contributed by atoms with Crippen LogP contribution in [0.5, 0.6) is 0 Å². The van der Waals surface area contributed by atoms with E-state index < -0.39 is 5.97 Å². The second kappa shape index (κ2) is 9.74. The van der Waals surface area contributed by atoms with Gasteiger partial charge in [0.15, 0.2) is 0 Å². The summed E-state index contributed by atoms with van der Waals surface area (Å²) >= 11 is 1.67. The average molecular weight is 321 g/mol. The number of nitrogens with zero attached hydrogens (tertiary/aromatic N) is 1. The molecule has 0 saturated heterocycles. The lowest BCUT2D eigenvalue weighted by molar-refractivity contribution is -0.138. The maximum absolute atomic E-state index is 11.9. The lowest BCUT2D eigenvalue weighted by Crippen LogP contribution is -2.44. The SMILES string of the molecule is CC(C(=O)NCCc1cccs1)N(C)CCC(=O)O.Cl. The summed E-state index contributed by atoms with van der Waals surface area (Å²) in [5.41, 5.74) is 0. The molecule has 5 nitrogen and oxygen atoms in total.